The molecule has 3 nitrogen and oxygen atoms in total. The number of ether oxygens (including phenoxy) is 2. The molecule has 3 heteroatoms. The van der Waals surface area contributed by atoms with Gasteiger partial charge in [0, 0.05) is 13.2 Å². The Morgan fingerprint density at radius 2 is 1.21 bits per heavy atom. The Hall–Kier alpha value is -0.410. The molecule has 1 unspecified atom stereocenters. The summed E-state index contributed by atoms with van der Waals surface area (Å²) in [6.07, 6.45) is 27.9. The Balaban J connectivity index is 1.69. The fourth-order valence-corrected chi connectivity index (χ4v) is 4.46. The number of rotatable bonds is 21. The first-order chi connectivity index (χ1) is 14.4. The van der Waals surface area contributed by atoms with Crippen LogP contribution in [0.25, 0.3) is 0 Å². The lowest BCUT2D eigenvalue weighted by Gasteiger charge is -2.21. The van der Waals surface area contributed by atoms with E-state index in [2.05, 4.69) is 0 Å². The first kappa shape index (κ1) is 26.6. The third-order valence-electron chi connectivity index (χ3n) is 6.32. The van der Waals surface area contributed by atoms with E-state index in [0.29, 0.717) is 12.7 Å². The van der Waals surface area contributed by atoms with Crippen LogP contribution in [0.1, 0.15) is 135 Å². The van der Waals surface area contributed by atoms with Crippen LogP contribution in [0.5, 0.6) is 0 Å². The summed E-state index contributed by atoms with van der Waals surface area (Å²) in [5.41, 5.74) is 0. The smallest absolute Gasteiger partial charge is 0.148 e. The van der Waals surface area contributed by atoms with Crippen molar-refractivity contribution in [1.29, 1.82) is 0 Å². The van der Waals surface area contributed by atoms with E-state index in [4.69, 9.17) is 9.47 Å². The molecule has 0 radical (unpaired) electrons. The molecule has 0 aliphatic heterocycles. The van der Waals surface area contributed by atoms with E-state index < -0.39 is 0 Å². The SMILES string of the molecule is CCOC(C=O)CCCCCCCCCCCCCCCCOC1CCCCC1. The molecule has 0 aromatic carbocycles. The summed E-state index contributed by atoms with van der Waals surface area (Å²) in [5, 5.41) is 0. The van der Waals surface area contributed by atoms with Gasteiger partial charge in [-0.05, 0) is 32.6 Å². The summed E-state index contributed by atoms with van der Waals surface area (Å²) in [5.74, 6) is 0. The fraction of sp³-hybridized carbons (Fsp3) is 0.962. The monoisotopic (exact) mass is 410 g/mol. The van der Waals surface area contributed by atoms with E-state index in [1.54, 1.807) is 0 Å². The van der Waals surface area contributed by atoms with Gasteiger partial charge in [-0.3, -0.25) is 0 Å². The Morgan fingerprint density at radius 3 is 1.69 bits per heavy atom. The lowest BCUT2D eigenvalue weighted by molar-refractivity contribution is -0.118. The van der Waals surface area contributed by atoms with E-state index >= 15 is 0 Å². The summed E-state index contributed by atoms with van der Waals surface area (Å²) in [4.78, 5) is 10.8. The number of aldehydes is 1. The van der Waals surface area contributed by atoms with Crippen molar-refractivity contribution < 1.29 is 14.3 Å². The van der Waals surface area contributed by atoms with Gasteiger partial charge in [-0.1, -0.05) is 103 Å². The highest BCUT2D eigenvalue weighted by Crippen LogP contribution is 2.20. The van der Waals surface area contributed by atoms with Gasteiger partial charge in [-0.15, -0.1) is 0 Å². The quantitative estimate of drug-likeness (QED) is 0.143. The predicted molar refractivity (Wildman–Crippen MR) is 124 cm³/mol. The van der Waals surface area contributed by atoms with Gasteiger partial charge in [0.2, 0.25) is 0 Å². The summed E-state index contributed by atoms with van der Waals surface area (Å²) < 4.78 is 11.4. The average molecular weight is 411 g/mol. The Kier molecular flexibility index (Phi) is 19.1. The van der Waals surface area contributed by atoms with Crippen LogP contribution in [-0.4, -0.2) is 31.7 Å². The van der Waals surface area contributed by atoms with Crippen molar-refractivity contribution in [3.63, 3.8) is 0 Å². The molecule has 172 valence electrons. The first-order valence-corrected chi connectivity index (χ1v) is 13.0. The minimum absolute atomic E-state index is 0.171. The molecule has 0 aromatic heterocycles. The topological polar surface area (TPSA) is 35.5 Å². The highest BCUT2D eigenvalue weighted by molar-refractivity contribution is 5.55. The third-order valence-corrected chi connectivity index (χ3v) is 6.32. The summed E-state index contributed by atoms with van der Waals surface area (Å²) in [6.45, 7) is 3.58. The van der Waals surface area contributed by atoms with E-state index in [1.165, 1.54) is 116 Å². The largest absolute Gasteiger partial charge is 0.378 e. The summed E-state index contributed by atoms with van der Waals surface area (Å²) in [6, 6.07) is 0. The molecule has 1 fully saturated rings. The van der Waals surface area contributed by atoms with Crippen molar-refractivity contribution in [1.82, 2.24) is 0 Å². The highest BCUT2D eigenvalue weighted by Gasteiger charge is 2.12. The zero-order valence-electron chi connectivity index (χ0n) is 19.5. The van der Waals surface area contributed by atoms with E-state index in [9.17, 15) is 4.79 Å². The maximum absolute atomic E-state index is 10.8. The summed E-state index contributed by atoms with van der Waals surface area (Å²) in [7, 11) is 0. The molecule has 1 rings (SSSR count). The maximum Gasteiger partial charge on any atom is 0.148 e. The molecule has 1 atom stereocenters. The molecule has 1 aliphatic rings. The number of carbonyl (C=O) groups excluding carboxylic acids is 1. The van der Waals surface area contributed by atoms with Crippen LogP contribution in [0.3, 0.4) is 0 Å². The van der Waals surface area contributed by atoms with Crippen LogP contribution in [0.2, 0.25) is 0 Å². The molecular weight excluding hydrogens is 360 g/mol. The number of hydrogen-bond donors (Lipinski definition) is 0. The average Bonchev–Trinajstić information content (AvgIpc) is 2.75. The molecule has 0 bridgehead atoms. The Bertz CT molecular complexity index is 339. The van der Waals surface area contributed by atoms with Crippen LogP contribution in [-0.2, 0) is 14.3 Å². The van der Waals surface area contributed by atoms with Gasteiger partial charge in [-0.25, -0.2) is 0 Å². The number of unbranched alkanes of at least 4 members (excludes halogenated alkanes) is 13. The van der Waals surface area contributed by atoms with Gasteiger partial charge in [-0.2, -0.15) is 0 Å². The van der Waals surface area contributed by atoms with Crippen molar-refractivity contribution in [2.24, 2.45) is 0 Å². The lowest BCUT2D eigenvalue weighted by Crippen LogP contribution is -2.17. The van der Waals surface area contributed by atoms with Gasteiger partial charge in [0.05, 0.1) is 6.10 Å². The molecule has 0 N–H and O–H groups in total. The molecule has 1 saturated carbocycles. The first-order valence-electron chi connectivity index (χ1n) is 13.0. The second-order valence-electron chi connectivity index (χ2n) is 9.00. The fourth-order valence-electron chi connectivity index (χ4n) is 4.46. The molecule has 0 spiro atoms. The standard InChI is InChI=1S/C26H50O3/c1-2-28-26(24-27)22-16-13-11-9-7-5-3-4-6-8-10-12-14-19-23-29-25-20-17-15-18-21-25/h24-26H,2-23H2,1H3. The van der Waals surface area contributed by atoms with Crippen LogP contribution in [0, 0.1) is 0 Å². The number of hydrogen-bond acceptors (Lipinski definition) is 3. The van der Waals surface area contributed by atoms with E-state index in [0.717, 1.165) is 25.7 Å². The van der Waals surface area contributed by atoms with Crippen molar-refractivity contribution in [3.8, 4) is 0 Å². The Labute approximate surface area is 181 Å². The molecule has 1 aliphatic carbocycles. The van der Waals surface area contributed by atoms with Crippen LogP contribution >= 0.6 is 0 Å². The van der Waals surface area contributed by atoms with E-state index in [1.807, 2.05) is 6.92 Å². The van der Waals surface area contributed by atoms with Gasteiger partial charge in [0.25, 0.3) is 0 Å². The van der Waals surface area contributed by atoms with Crippen molar-refractivity contribution >= 4 is 6.29 Å². The molecule has 0 saturated heterocycles. The normalized spacial score (nSPS) is 16.2. The van der Waals surface area contributed by atoms with Crippen molar-refractivity contribution in [2.45, 2.75) is 148 Å². The molecule has 0 amide bonds. The van der Waals surface area contributed by atoms with Crippen molar-refractivity contribution in [2.75, 3.05) is 13.2 Å². The molecule has 0 heterocycles. The minimum Gasteiger partial charge on any atom is -0.378 e. The molecular formula is C26H50O3. The third kappa shape index (κ3) is 17.0. The van der Waals surface area contributed by atoms with Gasteiger partial charge in [0.15, 0.2) is 0 Å². The second-order valence-corrected chi connectivity index (χ2v) is 9.00. The van der Waals surface area contributed by atoms with Gasteiger partial charge < -0.3 is 14.3 Å². The zero-order valence-corrected chi connectivity index (χ0v) is 19.5. The molecule has 0 aromatic rings. The molecule has 29 heavy (non-hydrogen) atoms. The van der Waals surface area contributed by atoms with E-state index in [-0.39, 0.29) is 6.10 Å². The van der Waals surface area contributed by atoms with Crippen LogP contribution in [0.15, 0.2) is 0 Å². The van der Waals surface area contributed by atoms with Crippen LogP contribution < -0.4 is 0 Å². The highest BCUT2D eigenvalue weighted by atomic mass is 16.5. The second kappa shape index (κ2) is 20.8. The zero-order chi connectivity index (χ0) is 20.8. The summed E-state index contributed by atoms with van der Waals surface area (Å²) >= 11 is 0. The lowest BCUT2D eigenvalue weighted by atomic mass is 9.98. The van der Waals surface area contributed by atoms with Crippen molar-refractivity contribution in [3.05, 3.63) is 0 Å². The minimum atomic E-state index is -0.171. The van der Waals surface area contributed by atoms with Gasteiger partial charge in [0.1, 0.15) is 12.4 Å². The Morgan fingerprint density at radius 1 is 0.724 bits per heavy atom. The maximum atomic E-state index is 10.8. The predicted octanol–water partition coefficient (Wildman–Crippen LogP) is 7.79. The number of carbonyl (C=O) groups is 1. The van der Waals surface area contributed by atoms with Crippen LogP contribution in [0.4, 0.5) is 0 Å². The van der Waals surface area contributed by atoms with Gasteiger partial charge >= 0.3 is 0 Å².